The normalized spacial score (nSPS) is 10.8. The van der Waals surface area contributed by atoms with E-state index >= 15 is 0 Å². The molecule has 2 aromatic heterocycles. The second-order valence-corrected chi connectivity index (χ2v) is 7.56. The highest BCUT2D eigenvalue weighted by atomic mass is 79.9. The molecule has 0 fully saturated rings. The summed E-state index contributed by atoms with van der Waals surface area (Å²) in [6.45, 7) is 6.66. The largest absolute Gasteiger partial charge is 0.486 e. The molecule has 0 unspecified atom stereocenters. The van der Waals surface area contributed by atoms with Crippen LogP contribution in [0.15, 0.2) is 61.8 Å². The third-order valence-electron chi connectivity index (χ3n) is 4.51. The number of benzene rings is 1. The van der Waals surface area contributed by atoms with Crippen LogP contribution in [0.2, 0.25) is 0 Å². The monoisotopic (exact) mass is 489 g/mol. The summed E-state index contributed by atoms with van der Waals surface area (Å²) >= 11 is 3.38. The smallest absolute Gasteiger partial charge is 0.305 e. The van der Waals surface area contributed by atoms with E-state index in [9.17, 15) is 9.59 Å². The average Bonchev–Trinajstić information content (AvgIpc) is 3.44. The van der Waals surface area contributed by atoms with Crippen molar-refractivity contribution in [3.63, 3.8) is 0 Å². The van der Waals surface area contributed by atoms with E-state index in [0.717, 1.165) is 17.6 Å². The number of furan rings is 2. The highest BCUT2D eigenvalue weighted by Gasteiger charge is 2.16. The molecule has 9 heteroatoms. The molecule has 2 amide bonds. The SMILES string of the molecule is CCN(CC)Cc1ccc(C(=O)NNC(=O)c2ccc(COc3cccc(Br)c3)o2)o1. The number of halogens is 1. The first-order valence-corrected chi connectivity index (χ1v) is 10.7. The molecule has 0 atom stereocenters. The van der Waals surface area contributed by atoms with E-state index in [1.807, 2.05) is 24.3 Å². The van der Waals surface area contributed by atoms with Crippen LogP contribution in [0.3, 0.4) is 0 Å². The maximum Gasteiger partial charge on any atom is 0.305 e. The van der Waals surface area contributed by atoms with Crippen molar-refractivity contribution < 1.29 is 23.2 Å². The lowest BCUT2D eigenvalue weighted by Crippen LogP contribution is -2.41. The van der Waals surface area contributed by atoms with Gasteiger partial charge in [-0.25, -0.2) is 0 Å². The molecule has 164 valence electrons. The van der Waals surface area contributed by atoms with E-state index in [4.69, 9.17) is 13.6 Å². The number of hydrogen-bond donors (Lipinski definition) is 2. The van der Waals surface area contributed by atoms with Crippen molar-refractivity contribution in [1.82, 2.24) is 15.8 Å². The summed E-state index contributed by atoms with van der Waals surface area (Å²) < 4.78 is 17.6. The van der Waals surface area contributed by atoms with Gasteiger partial charge in [-0.15, -0.1) is 0 Å². The lowest BCUT2D eigenvalue weighted by atomic mass is 10.3. The van der Waals surface area contributed by atoms with E-state index in [1.54, 1.807) is 18.2 Å². The molecule has 3 aromatic rings. The van der Waals surface area contributed by atoms with Crippen LogP contribution >= 0.6 is 15.9 Å². The van der Waals surface area contributed by atoms with Gasteiger partial charge in [-0.2, -0.15) is 0 Å². The van der Waals surface area contributed by atoms with Crippen LogP contribution in [-0.2, 0) is 13.2 Å². The van der Waals surface area contributed by atoms with Gasteiger partial charge in [0.05, 0.1) is 6.54 Å². The Hall–Kier alpha value is -3.04. The molecule has 0 spiro atoms. The average molecular weight is 490 g/mol. The van der Waals surface area contributed by atoms with Gasteiger partial charge < -0.3 is 13.6 Å². The lowest BCUT2D eigenvalue weighted by molar-refractivity contribution is 0.0813. The zero-order valence-corrected chi connectivity index (χ0v) is 18.9. The standard InChI is InChI=1S/C22H24BrN3O5/c1-3-26(4-2)13-17-8-10-19(30-17)21(27)24-25-22(28)20-11-9-18(31-20)14-29-16-7-5-6-15(23)12-16/h5-12H,3-4,13-14H2,1-2H3,(H,24,27)(H,25,28). The summed E-state index contributed by atoms with van der Waals surface area (Å²) in [4.78, 5) is 26.6. The van der Waals surface area contributed by atoms with Gasteiger partial charge in [0.1, 0.15) is 23.9 Å². The third kappa shape index (κ3) is 6.47. The fourth-order valence-corrected chi connectivity index (χ4v) is 3.16. The number of amides is 2. The summed E-state index contributed by atoms with van der Waals surface area (Å²) in [6, 6.07) is 13.9. The summed E-state index contributed by atoms with van der Waals surface area (Å²) in [6.07, 6.45) is 0. The Labute approximate surface area is 188 Å². The lowest BCUT2D eigenvalue weighted by Gasteiger charge is -2.15. The molecule has 2 N–H and O–H groups in total. The molecule has 0 saturated heterocycles. The zero-order valence-electron chi connectivity index (χ0n) is 17.3. The number of hydrazine groups is 1. The zero-order chi connectivity index (χ0) is 22.2. The minimum absolute atomic E-state index is 0.0507. The first kappa shape index (κ1) is 22.6. The maximum atomic E-state index is 12.2. The predicted molar refractivity (Wildman–Crippen MR) is 117 cm³/mol. The van der Waals surface area contributed by atoms with Crippen LogP contribution in [0.25, 0.3) is 0 Å². The number of nitrogens with one attached hydrogen (secondary N) is 2. The quantitative estimate of drug-likeness (QED) is 0.438. The van der Waals surface area contributed by atoms with Crippen LogP contribution < -0.4 is 15.6 Å². The second-order valence-electron chi connectivity index (χ2n) is 6.65. The van der Waals surface area contributed by atoms with Gasteiger partial charge in [0.25, 0.3) is 0 Å². The van der Waals surface area contributed by atoms with E-state index < -0.39 is 11.8 Å². The summed E-state index contributed by atoms with van der Waals surface area (Å²) in [5.74, 6) is 0.855. The van der Waals surface area contributed by atoms with Crippen molar-refractivity contribution in [3.05, 3.63) is 76.0 Å². The first-order valence-electron chi connectivity index (χ1n) is 9.87. The van der Waals surface area contributed by atoms with E-state index in [2.05, 4.69) is 45.5 Å². The number of ether oxygens (including phenoxy) is 1. The van der Waals surface area contributed by atoms with Crippen LogP contribution in [0.4, 0.5) is 0 Å². The molecule has 0 radical (unpaired) electrons. The molecule has 8 nitrogen and oxygen atoms in total. The number of carbonyl (C=O) groups is 2. The van der Waals surface area contributed by atoms with Crippen molar-refractivity contribution in [3.8, 4) is 5.75 Å². The Morgan fingerprint density at radius 3 is 2.16 bits per heavy atom. The molecule has 3 rings (SSSR count). The number of hydrogen-bond acceptors (Lipinski definition) is 6. The molecule has 0 saturated carbocycles. The minimum Gasteiger partial charge on any atom is -0.486 e. The summed E-state index contributed by atoms with van der Waals surface area (Å²) in [5, 5.41) is 0. The Kier molecular flexibility index (Phi) is 7.91. The van der Waals surface area contributed by atoms with Crippen molar-refractivity contribution in [2.24, 2.45) is 0 Å². The fourth-order valence-electron chi connectivity index (χ4n) is 2.78. The van der Waals surface area contributed by atoms with Gasteiger partial charge in [0, 0.05) is 4.47 Å². The molecule has 2 heterocycles. The maximum absolute atomic E-state index is 12.2. The van der Waals surface area contributed by atoms with Gasteiger partial charge in [0.15, 0.2) is 11.5 Å². The van der Waals surface area contributed by atoms with Crippen molar-refractivity contribution in [2.45, 2.75) is 27.0 Å². The Balaban J connectivity index is 1.48. The molecule has 0 aliphatic carbocycles. The van der Waals surface area contributed by atoms with Crippen LogP contribution in [0.5, 0.6) is 5.75 Å². The molecule has 0 aliphatic heterocycles. The van der Waals surface area contributed by atoms with Crippen LogP contribution in [0.1, 0.15) is 46.5 Å². The molecular formula is C22H24BrN3O5. The number of rotatable bonds is 9. The van der Waals surface area contributed by atoms with Crippen molar-refractivity contribution >= 4 is 27.7 Å². The van der Waals surface area contributed by atoms with Crippen LogP contribution in [-0.4, -0.2) is 29.8 Å². The molecule has 31 heavy (non-hydrogen) atoms. The van der Waals surface area contributed by atoms with Crippen molar-refractivity contribution in [1.29, 1.82) is 0 Å². The molecule has 0 aliphatic rings. The highest BCUT2D eigenvalue weighted by Crippen LogP contribution is 2.19. The molecule has 0 bridgehead atoms. The van der Waals surface area contributed by atoms with Crippen LogP contribution in [0, 0.1) is 0 Å². The van der Waals surface area contributed by atoms with Gasteiger partial charge >= 0.3 is 11.8 Å². The minimum atomic E-state index is -0.586. The summed E-state index contributed by atoms with van der Waals surface area (Å²) in [5.41, 5.74) is 4.64. The summed E-state index contributed by atoms with van der Waals surface area (Å²) in [7, 11) is 0. The van der Waals surface area contributed by atoms with E-state index in [-0.39, 0.29) is 18.1 Å². The topological polar surface area (TPSA) is 97.0 Å². The fraction of sp³-hybridized carbons (Fsp3) is 0.273. The first-order chi connectivity index (χ1) is 15.0. The molecule has 1 aromatic carbocycles. The van der Waals surface area contributed by atoms with Gasteiger partial charge in [-0.05, 0) is 55.6 Å². The second kappa shape index (κ2) is 10.8. The predicted octanol–water partition coefficient (Wildman–Crippen LogP) is 4.13. The Morgan fingerprint density at radius 1 is 0.935 bits per heavy atom. The Bertz CT molecular complexity index is 1030. The number of carbonyl (C=O) groups excluding carboxylic acids is 2. The van der Waals surface area contributed by atoms with Crippen molar-refractivity contribution in [2.75, 3.05) is 13.1 Å². The Morgan fingerprint density at radius 2 is 1.55 bits per heavy atom. The molecular weight excluding hydrogens is 466 g/mol. The third-order valence-corrected chi connectivity index (χ3v) is 5.00. The highest BCUT2D eigenvalue weighted by molar-refractivity contribution is 9.10. The van der Waals surface area contributed by atoms with Gasteiger partial charge in [0.2, 0.25) is 0 Å². The number of nitrogens with zero attached hydrogens (tertiary/aromatic N) is 1. The van der Waals surface area contributed by atoms with Gasteiger partial charge in [-0.1, -0.05) is 35.8 Å². The van der Waals surface area contributed by atoms with E-state index in [0.29, 0.717) is 23.8 Å². The van der Waals surface area contributed by atoms with E-state index in [1.165, 1.54) is 6.07 Å². The van der Waals surface area contributed by atoms with Gasteiger partial charge in [-0.3, -0.25) is 25.3 Å².